The number of primary amides is 1. The number of nitrogens with two attached hydrogens (primary N) is 1. The van der Waals surface area contributed by atoms with Gasteiger partial charge in [-0.25, -0.2) is 4.57 Å². The maximum absolute atomic E-state index is 9.47. The SMILES string of the molecule is C=CC(N)=O.O=P(O)(O)O.[CaH2]. The Morgan fingerprint density at radius 2 is 1.55 bits per heavy atom. The summed E-state index contributed by atoms with van der Waals surface area (Å²) in [5.74, 6) is -0.481. The van der Waals surface area contributed by atoms with Gasteiger partial charge in [-0.15, -0.1) is 0 Å². The molecular weight excluding hydrogens is 201 g/mol. The Morgan fingerprint density at radius 3 is 1.55 bits per heavy atom. The average Bonchev–Trinajstić information content (AvgIpc) is 1.61. The summed E-state index contributed by atoms with van der Waals surface area (Å²) in [7, 11) is -4.64. The third-order valence-electron chi connectivity index (χ3n) is 0.201. The molecule has 0 fully saturated rings. The molecule has 0 aromatic rings. The van der Waals surface area contributed by atoms with E-state index in [1.54, 1.807) is 0 Å². The maximum atomic E-state index is 9.47. The number of carbonyl (C=O) groups is 1. The molecule has 0 aromatic heterocycles. The first-order chi connectivity index (χ1) is 4.27. The van der Waals surface area contributed by atoms with Crippen LogP contribution >= 0.6 is 7.82 Å². The van der Waals surface area contributed by atoms with Gasteiger partial charge in [0.2, 0.25) is 5.91 Å². The fourth-order valence-electron chi connectivity index (χ4n) is 0. The molecule has 5 N–H and O–H groups in total. The van der Waals surface area contributed by atoms with Crippen LogP contribution in [0.15, 0.2) is 12.7 Å². The Hall–Kier alpha value is 0.580. The van der Waals surface area contributed by atoms with Crippen LogP contribution in [-0.2, 0) is 9.36 Å². The molecular formula is C3H10CaNO5P. The van der Waals surface area contributed by atoms with Gasteiger partial charge in [-0.2, -0.15) is 0 Å². The Morgan fingerprint density at radius 1 is 1.45 bits per heavy atom. The molecule has 0 spiro atoms. The summed E-state index contributed by atoms with van der Waals surface area (Å²) in [5.41, 5.74) is 4.53. The van der Waals surface area contributed by atoms with Gasteiger partial charge >= 0.3 is 45.6 Å². The average molecular weight is 211 g/mol. The van der Waals surface area contributed by atoms with Crippen LogP contribution in [0, 0.1) is 0 Å². The summed E-state index contributed by atoms with van der Waals surface area (Å²) in [6.45, 7) is 3.09. The number of amides is 1. The second-order valence-electron chi connectivity index (χ2n) is 1.12. The molecule has 0 radical (unpaired) electrons. The van der Waals surface area contributed by atoms with Crippen molar-refractivity contribution in [2.24, 2.45) is 5.73 Å². The molecule has 0 bridgehead atoms. The molecule has 0 heterocycles. The van der Waals surface area contributed by atoms with Gasteiger partial charge in [0, 0.05) is 0 Å². The summed E-state index contributed by atoms with van der Waals surface area (Å²) in [5, 5.41) is 0. The van der Waals surface area contributed by atoms with Gasteiger partial charge in [0.25, 0.3) is 0 Å². The van der Waals surface area contributed by atoms with Crippen molar-refractivity contribution >= 4 is 51.5 Å². The minimum absolute atomic E-state index is 0. The summed E-state index contributed by atoms with van der Waals surface area (Å²) in [4.78, 5) is 31.0. The first-order valence-corrected chi connectivity index (χ1v) is 3.54. The van der Waals surface area contributed by atoms with Crippen LogP contribution < -0.4 is 5.73 Å². The fraction of sp³-hybridized carbons (Fsp3) is 0. The van der Waals surface area contributed by atoms with Crippen molar-refractivity contribution in [2.45, 2.75) is 0 Å². The molecule has 0 unspecified atom stereocenters. The van der Waals surface area contributed by atoms with Crippen molar-refractivity contribution in [2.75, 3.05) is 0 Å². The predicted molar refractivity (Wildman–Crippen MR) is 42.2 cm³/mol. The topological polar surface area (TPSA) is 121 Å². The first kappa shape index (κ1) is 17.6. The number of hydrogen-bond acceptors (Lipinski definition) is 2. The van der Waals surface area contributed by atoms with Crippen LogP contribution in [-0.4, -0.2) is 58.3 Å². The van der Waals surface area contributed by atoms with Crippen molar-refractivity contribution in [1.82, 2.24) is 0 Å². The molecule has 8 heteroatoms. The zero-order valence-electron chi connectivity index (χ0n) is 4.97. The van der Waals surface area contributed by atoms with Gasteiger partial charge in [-0.3, -0.25) is 4.79 Å². The van der Waals surface area contributed by atoms with Gasteiger partial charge in [0.1, 0.15) is 0 Å². The molecule has 0 saturated carbocycles. The fourth-order valence-corrected chi connectivity index (χ4v) is 0. The minimum atomic E-state index is -4.64. The molecule has 11 heavy (non-hydrogen) atoms. The zero-order valence-corrected chi connectivity index (χ0v) is 5.86. The van der Waals surface area contributed by atoms with Gasteiger partial charge in [0.05, 0.1) is 0 Å². The van der Waals surface area contributed by atoms with E-state index in [0.29, 0.717) is 0 Å². The van der Waals surface area contributed by atoms with E-state index in [1.807, 2.05) is 0 Å². The van der Waals surface area contributed by atoms with Crippen LogP contribution in [0.1, 0.15) is 0 Å². The number of hydrogen-bond donors (Lipinski definition) is 4. The van der Waals surface area contributed by atoms with E-state index < -0.39 is 13.7 Å². The van der Waals surface area contributed by atoms with Crippen LogP contribution in [0.25, 0.3) is 0 Å². The van der Waals surface area contributed by atoms with E-state index in [0.717, 1.165) is 6.08 Å². The molecule has 1 amide bonds. The van der Waals surface area contributed by atoms with E-state index in [4.69, 9.17) is 19.2 Å². The molecule has 0 rings (SSSR count). The predicted octanol–water partition coefficient (Wildman–Crippen LogP) is -2.19. The Kier molecular flexibility index (Phi) is 13.9. The van der Waals surface area contributed by atoms with Crippen LogP contribution in [0.2, 0.25) is 0 Å². The van der Waals surface area contributed by atoms with E-state index in [1.165, 1.54) is 0 Å². The quantitative estimate of drug-likeness (QED) is 0.223. The van der Waals surface area contributed by atoms with E-state index in [-0.39, 0.29) is 37.7 Å². The molecule has 0 aromatic carbocycles. The second kappa shape index (κ2) is 8.67. The standard InChI is InChI=1S/C3H5NO.Ca.H3O4P.2H/c1-2-3(4)5;;1-5(2,3)4;;/h2H,1H2,(H2,4,5);;(H3,1,2,3,4);;. The molecule has 0 aliphatic carbocycles. The number of rotatable bonds is 1. The summed E-state index contributed by atoms with van der Waals surface area (Å²) in [6, 6.07) is 0. The number of carbonyl (C=O) groups excluding carboxylic acids is 1. The molecule has 0 aliphatic heterocycles. The molecule has 0 atom stereocenters. The monoisotopic (exact) mass is 211 g/mol. The zero-order chi connectivity index (χ0) is 8.78. The Labute approximate surface area is 93.3 Å². The van der Waals surface area contributed by atoms with Crippen molar-refractivity contribution in [3.63, 3.8) is 0 Å². The van der Waals surface area contributed by atoms with Gasteiger partial charge in [-0.1, -0.05) is 6.58 Å². The van der Waals surface area contributed by atoms with Crippen LogP contribution in [0.5, 0.6) is 0 Å². The normalized spacial score (nSPS) is 8.27. The first-order valence-electron chi connectivity index (χ1n) is 1.97. The Balaban J connectivity index is -0.000000107. The molecule has 64 valence electrons. The molecule has 6 nitrogen and oxygen atoms in total. The van der Waals surface area contributed by atoms with Crippen molar-refractivity contribution in [1.29, 1.82) is 0 Å². The second-order valence-corrected chi connectivity index (χ2v) is 2.15. The van der Waals surface area contributed by atoms with E-state index >= 15 is 0 Å². The summed E-state index contributed by atoms with van der Waals surface area (Å²) in [6.07, 6.45) is 1.06. The van der Waals surface area contributed by atoms with Crippen molar-refractivity contribution < 1.29 is 24.0 Å². The van der Waals surface area contributed by atoms with E-state index in [2.05, 4.69) is 12.3 Å². The molecule has 0 aliphatic rings. The van der Waals surface area contributed by atoms with Crippen molar-refractivity contribution in [3.8, 4) is 0 Å². The third-order valence-corrected chi connectivity index (χ3v) is 0.201. The summed E-state index contributed by atoms with van der Waals surface area (Å²) < 4.78 is 8.88. The number of phosphoric acid groups is 1. The summed E-state index contributed by atoms with van der Waals surface area (Å²) >= 11 is 0. The van der Waals surface area contributed by atoms with Crippen LogP contribution in [0.4, 0.5) is 0 Å². The van der Waals surface area contributed by atoms with Crippen molar-refractivity contribution in [3.05, 3.63) is 12.7 Å². The Bertz CT molecular complexity index is 157. The van der Waals surface area contributed by atoms with Gasteiger partial charge < -0.3 is 20.4 Å². The van der Waals surface area contributed by atoms with Gasteiger partial charge in [0.15, 0.2) is 0 Å². The van der Waals surface area contributed by atoms with E-state index in [9.17, 15) is 4.79 Å². The third kappa shape index (κ3) is 117. The van der Waals surface area contributed by atoms with Gasteiger partial charge in [-0.05, 0) is 6.08 Å². The van der Waals surface area contributed by atoms with Crippen LogP contribution in [0.3, 0.4) is 0 Å². The molecule has 0 saturated heterocycles.